The molecule has 0 aliphatic heterocycles. The van der Waals surface area contributed by atoms with Gasteiger partial charge in [0.2, 0.25) is 0 Å². The molecule has 0 heterocycles. The molecule has 19 heavy (non-hydrogen) atoms. The summed E-state index contributed by atoms with van der Waals surface area (Å²) in [4.78, 5) is 12.9. The van der Waals surface area contributed by atoms with Gasteiger partial charge in [0.1, 0.15) is 12.4 Å². The number of esters is 1. The minimum Gasteiger partial charge on any atom is -0.457 e. The van der Waals surface area contributed by atoms with Gasteiger partial charge in [0.05, 0.1) is 5.56 Å². The Morgan fingerprint density at radius 3 is 2.47 bits per heavy atom. The van der Waals surface area contributed by atoms with Gasteiger partial charge in [0, 0.05) is 10.5 Å². The van der Waals surface area contributed by atoms with E-state index in [0.717, 1.165) is 4.90 Å². The van der Waals surface area contributed by atoms with Gasteiger partial charge in [-0.25, -0.2) is 9.18 Å². The highest BCUT2D eigenvalue weighted by Crippen LogP contribution is 2.16. The molecule has 0 bridgehead atoms. The second kappa shape index (κ2) is 6.38. The Balaban J connectivity index is 1.99. The molecule has 2 rings (SSSR count). The number of hydrogen-bond donors (Lipinski definition) is 0. The standard InChI is InChI=1S/C15H13FO2S/c1-19-13-8-6-11(7-9-13)15(17)18-10-12-4-2-3-5-14(12)16/h2-9H,10H2,1H3. The van der Waals surface area contributed by atoms with Gasteiger partial charge in [0.15, 0.2) is 0 Å². The predicted octanol–water partition coefficient (Wildman–Crippen LogP) is 3.90. The summed E-state index contributed by atoms with van der Waals surface area (Å²) < 4.78 is 18.4. The van der Waals surface area contributed by atoms with Gasteiger partial charge in [-0.2, -0.15) is 0 Å². The zero-order valence-corrected chi connectivity index (χ0v) is 11.2. The highest BCUT2D eigenvalue weighted by atomic mass is 32.2. The molecular weight excluding hydrogens is 263 g/mol. The number of carbonyl (C=O) groups is 1. The normalized spacial score (nSPS) is 10.2. The van der Waals surface area contributed by atoms with Crippen LogP contribution in [0.25, 0.3) is 0 Å². The van der Waals surface area contributed by atoms with E-state index in [9.17, 15) is 9.18 Å². The molecule has 0 unspecified atom stereocenters. The van der Waals surface area contributed by atoms with Crippen LogP contribution < -0.4 is 0 Å². The second-order valence-corrected chi connectivity index (χ2v) is 4.78. The Morgan fingerprint density at radius 1 is 1.16 bits per heavy atom. The van der Waals surface area contributed by atoms with Gasteiger partial charge in [-0.1, -0.05) is 18.2 Å². The molecule has 0 saturated carbocycles. The number of benzene rings is 2. The van der Waals surface area contributed by atoms with Crippen molar-refractivity contribution < 1.29 is 13.9 Å². The maximum atomic E-state index is 13.3. The Kier molecular flexibility index (Phi) is 4.58. The summed E-state index contributed by atoms with van der Waals surface area (Å²) in [6.07, 6.45) is 1.96. The summed E-state index contributed by atoms with van der Waals surface area (Å²) >= 11 is 1.60. The van der Waals surface area contributed by atoms with Crippen LogP contribution >= 0.6 is 11.8 Å². The average molecular weight is 276 g/mol. The molecule has 0 atom stereocenters. The molecule has 0 aromatic heterocycles. The maximum Gasteiger partial charge on any atom is 0.338 e. The summed E-state index contributed by atoms with van der Waals surface area (Å²) in [6.45, 7) is -0.0597. The van der Waals surface area contributed by atoms with Crippen molar-refractivity contribution in [1.82, 2.24) is 0 Å². The van der Waals surface area contributed by atoms with E-state index in [1.54, 1.807) is 42.1 Å². The summed E-state index contributed by atoms with van der Waals surface area (Å²) in [5.74, 6) is -0.816. The first-order valence-electron chi connectivity index (χ1n) is 5.75. The van der Waals surface area contributed by atoms with Gasteiger partial charge < -0.3 is 4.74 Å². The number of carbonyl (C=O) groups excluding carboxylic acids is 1. The van der Waals surface area contributed by atoms with E-state index in [4.69, 9.17) is 4.74 Å². The van der Waals surface area contributed by atoms with Crippen LogP contribution in [0, 0.1) is 5.82 Å². The van der Waals surface area contributed by atoms with Crippen LogP contribution in [0.4, 0.5) is 4.39 Å². The fraction of sp³-hybridized carbons (Fsp3) is 0.133. The van der Waals surface area contributed by atoms with Crippen molar-refractivity contribution >= 4 is 17.7 Å². The molecule has 2 aromatic rings. The third-order valence-electron chi connectivity index (χ3n) is 2.64. The lowest BCUT2D eigenvalue weighted by Crippen LogP contribution is -2.06. The first-order valence-corrected chi connectivity index (χ1v) is 6.98. The van der Waals surface area contributed by atoms with Gasteiger partial charge in [0.25, 0.3) is 0 Å². The van der Waals surface area contributed by atoms with E-state index < -0.39 is 5.97 Å². The molecule has 2 nitrogen and oxygen atoms in total. The number of rotatable bonds is 4. The summed E-state index contributed by atoms with van der Waals surface area (Å²) in [6, 6.07) is 13.4. The van der Waals surface area contributed by atoms with E-state index in [-0.39, 0.29) is 12.4 Å². The first-order chi connectivity index (χ1) is 9.20. The van der Waals surface area contributed by atoms with Crippen LogP contribution in [0.5, 0.6) is 0 Å². The second-order valence-electron chi connectivity index (χ2n) is 3.90. The van der Waals surface area contributed by atoms with Crippen LogP contribution in [-0.2, 0) is 11.3 Å². The number of ether oxygens (including phenoxy) is 1. The Bertz CT molecular complexity index is 567. The minimum absolute atomic E-state index is 0.0597. The summed E-state index contributed by atoms with van der Waals surface area (Å²) in [5.41, 5.74) is 0.839. The highest BCUT2D eigenvalue weighted by Gasteiger charge is 2.08. The smallest absolute Gasteiger partial charge is 0.338 e. The number of halogens is 1. The molecule has 0 N–H and O–H groups in total. The Morgan fingerprint density at radius 2 is 1.84 bits per heavy atom. The van der Waals surface area contributed by atoms with Crippen molar-refractivity contribution in [3.05, 3.63) is 65.5 Å². The number of thioether (sulfide) groups is 1. The van der Waals surface area contributed by atoms with Crippen LogP contribution in [0.2, 0.25) is 0 Å². The van der Waals surface area contributed by atoms with E-state index >= 15 is 0 Å². The highest BCUT2D eigenvalue weighted by molar-refractivity contribution is 7.98. The fourth-order valence-corrected chi connectivity index (χ4v) is 1.98. The minimum atomic E-state index is -0.448. The Labute approximate surface area is 115 Å². The Hall–Kier alpha value is -1.81. The van der Waals surface area contributed by atoms with Crippen molar-refractivity contribution in [2.75, 3.05) is 6.26 Å². The topological polar surface area (TPSA) is 26.3 Å². The molecule has 0 radical (unpaired) electrons. The van der Waals surface area contributed by atoms with Crippen LogP contribution in [0.3, 0.4) is 0 Å². The van der Waals surface area contributed by atoms with Crippen molar-refractivity contribution in [3.8, 4) is 0 Å². The van der Waals surface area contributed by atoms with Crippen LogP contribution in [0.1, 0.15) is 15.9 Å². The van der Waals surface area contributed by atoms with Crippen LogP contribution in [-0.4, -0.2) is 12.2 Å². The average Bonchev–Trinajstić information content (AvgIpc) is 2.46. The van der Waals surface area contributed by atoms with Gasteiger partial charge in [-0.3, -0.25) is 0 Å². The lowest BCUT2D eigenvalue weighted by atomic mass is 10.2. The van der Waals surface area contributed by atoms with Crippen molar-refractivity contribution in [2.45, 2.75) is 11.5 Å². The van der Waals surface area contributed by atoms with E-state index in [2.05, 4.69) is 0 Å². The van der Waals surface area contributed by atoms with Crippen molar-refractivity contribution in [2.24, 2.45) is 0 Å². The molecule has 2 aromatic carbocycles. The van der Waals surface area contributed by atoms with Crippen LogP contribution in [0.15, 0.2) is 53.4 Å². The van der Waals surface area contributed by atoms with E-state index in [1.165, 1.54) is 6.07 Å². The molecule has 0 spiro atoms. The first kappa shape index (κ1) is 13.6. The molecule has 0 aliphatic carbocycles. The largest absolute Gasteiger partial charge is 0.457 e. The fourth-order valence-electron chi connectivity index (χ4n) is 1.57. The maximum absolute atomic E-state index is 13.3. The summed E-state index contributed by atoms with van der Waals surface area (Å²) in [5, 5.41) is 0. The molecule has 0 aliphatic rings. The third-order valence-corrected chi connectivity index (χ3v) is 3.39. The van der Waals surface area contributed by atoms with E-state index in [1.807, 2.05) is 18.4 Å². The molecule has 0 fully saturated rings. The molecule has 0 saturated heterocycles. The zero-order valence-electron chi connectivity index (χ0n) is 10.4. The molecule has 0 amide bonds. The third kappa shape index (κ3) is 3.58. The SMILES string of the molecule is CSc1ccc(C(=O)OCc2ccccc2F)cc1. The zero-order chi connectivity index (χ0) is 13.7. The predicted molar refractivity (Wildman–Crippen MR) is 73.7 cm³/mol. The van der Waals surface area contributed by atoms with E-state index in [0.29, 0.717) is 11.1 Å². The van der Waals surface area contributed by atoms with Gasteiger partial charge in [-0.05, 0) is 36.6 Å². The van der Waals surface area contributed by atoms with Gasteiger partial charge in [-0.15, -0.1) is 11.8 Å². The molecule has 98 valence electrons. The molecule has 4 heteroatoms. The van der Waals surface area contributed by atoms with Crippen molar-refractivity contribution in [3.63, 3.8) is 0 Å². The number of hydrogen-bond acceptors (Lipinski definition) is 3. The van der Waals surface area contributed by atoms with Crippen molar-refractivity contribution in [1.29, 1.82) is 0 Å². The molecular formula is C15H13FO2S. The quantitative estimate of drug-likeness (QED) is 0.625. The van der Waals surface area contributed by atoms with Gasteiger partial charge >= 0.3 is 5.97 Å². The lowest BCUT2D eigenvalue weighted by Gasteiger charge is -2.06. The summed E-state index contributed by atoms with van der Waals surface area (Å²) in [7, 11) is 0. The monoisotopic (exact) mass is 276 g/mol. The lowest BCUT2D eigenvalue weighted by molar-refractivity contribution is 0.0469.